The van der Waals surface area contributed by atoms with Crippen molar-refractivity contribution in [1.29, 1.82) is 0 Å². The Kier molecular flexibility index (Phi) is 4.41. The second-order valence-electron chi connectivity index (χ2n) is 5.91. The van der Waals surface area contributed by atoms with Gasteiger partial charge in [-0.15, -0.1) is 0 Å². The number of nitrogens with zero attached hydrogens (tertiary/aromatic N) is 3. The lowest BCUT2D eigenvalue weighted by molar-refractivity contribution is -0.139. The fourth-order valence-corrected chi connectivity index (χ4v) is 2.73. The number of pyridine rings is 2. The average Bonchev–Trinajstić information content (AvgIpc) is 3.04. The summed E-state index contributed by atoms with van der Waals surface area (Å²) in [7, 11) is 0. The van der Waals surface area contributed by atoms with Crippen LogP contribution in [0, 0.1) is 6.92 Å². The molecule has 3 aromatic rings. The first-order valence-electron chi connectivity index (χ1n) is 7.66. The van der Waals surface area contributed by atoms with Crippen LogP contribution in [-0.4, -0.2) is 31.5 Å². The summed E-state index contributed by atoms with van der Waals surface area (Å²) in [6.45, 7) is 1.54. The Hall–Kier alpha value is -2.94. The number of aromatic nitrogens is 3. The van der Waals surface area contributed by atoms with Crippen molar-refractivity contribution >= 4 is 11.6 Å². The predicted molar refractivity (Wildman–Crippen MR) is 87.5 cm³/mol. The molecule has 0 amide bonds. The molecule has 3 N–H and O–H groups in total. The van der Waals surface area contributed by atoms with Gasteiger partial charge in [0.05, 0.1) is 11.3 Å². The normalized spacial score (nSPS) is 13.1. The molecule has 136 valence electrons. The van der Waals surface area contributed by atoms with Crippen molar-refractivity contribution in [2.45, 2.75) is 25.6 Å². The van der Waals surface area contributed by atoms with Crippen molar-refractivity contribution in [3.8, 4) is 11.3 Å². The number of fused-ring (bicyclic) bond motifs is 1. The van der Waals surface area contributed by atoms with E-state index in [1.807, 2.05) is 0 Å². The van der Waals surface area contributed by atoms with E-state index in [9.17, 15) is 18.0 Å². The van der Waals surface area contributed by atoms with E-state index in [2.05, 4.69) is 9.97 Å². The van der Waals surface area contributed by atoms with E-state index in [1.54, 1.807) is 6.20 Å². The lowest BCUT2D eigenvalue weighted by Gasteiger charge is -2.15. The van der Waals surface area contributed by atoms with Crippen LogP contribution in [0.4, 0.5) is 13.2 Å². The number of hydrogen-bond acceptors (Lipinski definition) is 4. The Morgan fingerprint density at radius 1 is 1.35 bits per heavy atom. The summed E-state index contributed by atoms with van der Waals surface area (Å²) >= 11 is 0. The quantitative estimate of drug-likeness (QED) is 0.742. The Bertz CT molecular complexity index is 982. The molecule has 0 aliphatic carbocycles. The zero-order valence-electron chi connectivity index (χ0n) is 13.7. The third-order valence-electron chi connectivity index (χ3n) is 3.96. The Labute approximate surface area is 146 Å². The highest BCUT2D eigenvalue weighted by Crippen LogP contribution is 2.37. The summed E-state index contributed by atoms with van der Waals surface area (Å²) < 4.78 is 41.8. The van der Waals surface area contributed by atoms with Crippen LogP contribution < -0.4 is 5.73 Å². The molecule has 0 saturated heterocycles. The van der Waals surface area contributed by atoms with E-state index >= 15 is 0 Å². The van der Waals surface area contributed by atoms with E-state index in [0.717, 1.165) is 6.07 Å². The van der Waals surface area contributed by atoms with Gasteiger partial charge in [-0.2, -0.15) is 13.2 Å². The third kappa shape index (κ3) is 3.25. The van der Waals surface area contributed by atoms with Gasteiger partial charge in [-0.3, -0.25) is 9.78 Å². The molecule has 1 atom stereocenters. The number of carboxylic acid groups (broad SMARTS) is 1. The van der Waals surface area contributed by atoms with Gasteiger partial charge in [0.15, 0.2) is 0 Å². The maximum atomic E-state index is 13.4. The molecule has 0 radical (unpaired) electrons. The van der Waals surface area contributed by atoms with Crippen molar-refractivity contribution in [3.05, 3.63) is 53.6 Å². The van der Waals surface area contributed by atoms with Gasteiger partial charge < -0.3 is 15.2 Å². The van der Waals surface area contributed by atoms with Crippen molar-refractivity contribution in [3.63, 3.8) is 0 Å². The number of nitrogens with two attached hydrogens (primary N) is 1. The average molecular weight is 364 g/mol. The first-order valence-corrected chi connectivity index (χ1v) is 7.66. The van der Waals surface area contributed by atoms with E-state index in [-0.39, 0.29) is 23.3 Å². The number of carboxylic acids is 1. The first-order chi connectivity index (χ1) is 12.2. The molecule has 0 fully saturated rings. The molecule has 26 heavy (non-hydrogen) atoms. The number of aryl methyl sites for hydroxylation is 1. The van der Waals surface area contributed by atoms with Crippen LogP contribution in [-0.2, 0) is 17.4 Å². The first kappa shape index (κ1) is 17.9. The number of halogens is 3. The number of aliphatic carboxylic acids is 1. The van der Waals surface area contributed by atoms with Crippen molar-refractivity contribution in [2.24, 2.45) is 5.73 Å². The highest BCUT2D eigenvalue weighted by Gasteiger charge is 2.35. The van der Waals surface area contributed by atoms with Gasteiger partial charge in [-0.1, -0.05) is 0 Å². The largest absolute Gasteiger partial charge is 0.480 e. The van der Waals surface area contributed by atoms with Crippen LogP contribution in [0.1, 0.15) is 16.8 Å². The number of rotatable bonds is 4. The molecule has 6 nitrogen and oxygen atoms in total. The maximum Gasteiger partial charge on any atom is 0.418 e. The standard InChI is InChI=1S/C17H15F3N4O2/c1-9-6-12(17(18,19)20)14(23-8-9)11-3-2-10(7-13(21)16(25)26)24-5-4-22-15(11)24/h2-6,8,13H,7,21H2,1H3,(H,25,26)/t13-/m0/s1. The fourth-order valence-electron chi connectivity index (χ4n) is 2.73. The van der Waals surface area contributed by atoms with Gasteiger partial charge in [0.2, 0.25) is 0 Å². The molecule has 3 aromatic heterocycles. The van der Waals surface area contributed by atoms with Gasteiger partial charge in [-0.05, 0) is 30.7 Å². The number of alkyl halides is 3. The topological polar surface area (TPSA) is 93.5 Å². The van der Waals surface area contributed by atoms with Crippen LogP contribution >= 0.6 is 0 Å². The van der Waals surface area contributed by atoms with Crippen molar-refractivity contribution in [2.75, 3.05) is 0 Å². The van der Waals surface area contributed by atoms with E-state index < -0.39 is 23.8 Å². The van der Waals surface area contributed by atoms with Crippen molar-refractivity contribution in [1.82, 2.24) is 14.4 Å². The molecule has 3 rings (SSSR count). The molecule has 0 saturated carbocycles. The summed E-state index contributed by atoms with van der Waals surface area (Å²) in [6, 6.07) is 2.90. The van der Waals surface area contributed by atoms with Gasteiger partial charge in [0.1, 0.15) is 11.7 Å². The summed E-state index contributed by atoms with van der Waals surface area (Å²) in [5, 5.41) is 8.97. The minimum absolute atomic E-state index is 0.00985. The predicted octanol–water partition coefficient (Wildman–Crippen LogP) is 2.68. The summed E-state index contributed by atoms with van der Waals surface area (Å²) in [5.74, 6) is -1.16. The third-order valence-corrected chi connectivity index (χ3v) is 3.96. The lowest BCUT2D eigenvalue weighted by Crippen LogP contribution is -2.32. The molecule has 0 aromatic carbocycles. The molecule has 0 aliphatic heterocycles. The zero-order valence-corrected chi connectivity index (χ0v) is 13.7. The molecular formula is C17H15F3N4O2. The van der Waals surface area contributed by atoms with Crippen LogP contribution in [0.15, 0.2) is 36.8 Å². The van der Waals surface area contributed by atoms with E-state index in [1.165, 1.54) is 35.9 Å². The fraction of sp³-hybridized carbons (Fsp3) is 0.235. The lowest BCUT2D eigenvalue weighted by atomic mass is 10.0. The second-order valence-corrected chi connectivity index (χ2v) is 5.91. The van der Waals surface area contributed by atoms with Crippen LogP contribution in [0.5, 0.6) is 0 Å². The zero-order chi connectivity index (χ0) is 19.1. The number of imidazole rings is 1. The molecule has 0 unspecified atom stereocenters. The van der Waals surface area contributed by atoms with Crippen LogP contribution in [0.3, 0.4) is 0 Å². The molecule has 0 aliphatic rings. The number of hydrogen-bond donors (Lipinski definition) is 2. The summed E-state index contributed by atoms with van der Waals surface area (Å²) in [5.41, 5.74) is 5.86. The Morgan fingerprint density at radius 3 is 2.73 bits per heavy atom. The minimum atomic E-state index is -4.57. The molecule has 3 heterocycles. The Balaban J connectivity index is 2.17. The summed E-state index contributed by atoms with van der Waals surface area (Å²) in [4.78, 5) is 19.1. The molecule has 0 spiro atoms. The second kappa shape index (κ2) is 6.41. The van der Waals surface area contributed by atoms with Gasteiger partial charge in [0.25, 0.3) is 0 Å². The van der Waals surface area contributed by atoms with Crippen molar-refractivity contribution < 1.29 is 23.1 Å². The molecule has 0 bridgehead atoms. The van der Waals surface area contributed by atoms with Gasteiger partial charge in [-0.25, -0.2) is 4.98 Å². The molecular weight excluding hydrogens is 349 g/mol. The van der Waals surface area contributed by atoms with Crippen LogP contribution in [0.2, 0.25) is 0 Å². The highest BCUT2D eigenvalue weighted by atomic mass is 19.4. The van der Waals surface area contributed by atoms with Gasteiger partial charge >= 0.3 is 12.1 Å². The molecule has 9 heteroatoms. The SMILES string of the molecule is Cc1cnc(-c2ccc(C[C@H](N)C(=O)O)n3ccnc23)c(C(F)(F)F)c1. The minimum Gasteiger partial charge on any atom is -0.480 e. The van der Waals surface area contributed by atoms with Crippen LogP contribution in [0.25, 0.3) is 16.9 Å². The Morgan fingerprint density at radius 2 is 2.08 bits per heavy atom. The maximum absolute atomic E-state index is 13.4. The highest BCUT2D eigenvalue weighted by molar-refractivity contribution is 5.78. The van der Waals surface area contributed by atoms with E-state index in [0.29, 0.717) is 11.3 Å². The monoisotopic (exact) mass is 364 g/mol. The van der Waals surface area contributed by atoms with Gasteiger partial charge in [0, 0.05) is 36.3 Å². The van der Waals surface area contributed by atoms with E-state index in [4.69, 9.17) is 10.8 Å². The number of carbonyl (C=O) groups is 1. The smallest absolute Gasteiger partial charge is 0.418 e. The summed E-state index contributed by atoms with van der Waals surface area (Å²) in [6.07, 6.45) is -0.225.